The Morgan fingerprint density at radius 2 is 2.17 bits per heavy atom. The molecule has 3 heteroatoms. The molecule has 0 saturated heterocycles. The smallest absolute Gasteiger partial charge is 0.321 e. The molecule has 2 saturated carbocycles. The number of hydrogen-bond acceptors (Lipinski definition) is 1. The van der Waals surface area contributed by atoms with Crippen LogP contribution in [0.15, 0.2) is 0 Å². The van der Waals surface area contributed by atoms with E-state index in [9.17, 15) is 4.79 Å². The van der Waals surface area contributed by atoms with Gasteiger partial charge in [-0.05, 0) is 37.0 Å². The molecule has 2 nitrogen and oxygen atoms in total. The van der Waals surface area contributed by atoms with Gasteiger partial charge in [0.05, 0.1) is 0 Å². The fourth-order valence-electron chi connectivity index (χ4n) is 2.84. The minimum atomic E-state index is -0.839. The first-order valence-electron chi connectivity index (χ1n) is 4.55. The van der Waals surface area contributed by atoms with Gasteiger partial charge in [-0.25, -0.2) is 0 Å². The zero-order chi connectivity index (χ0) is 8.72. The van der Waals surface area contributed by atoms with Crippen molar-refractivity contribution < 1.29 is 9.90 Å². The van der Waals surface area contributed by atoms with E-state index in [1.807, 2.05) is 0 Å². The van der Waals surface area contributed by atoms with Crippen molar-refractivity contribution in [1.82, 2.24) is 0 Å². The van der Waals surface area contributed by atoms with Gasteiger partial charge < -0.3 is 5.11 Å². The van der Waals surface area contributed by atoms with Crippen LogP contribution in [-0.4, -0.2) is 16.5 Å². The van der Waals surface area contributed by atoms with Crippen LogP contribution in [0, 0.1) is 17.8 Å². The molecule has 0 aromatic carbocycles. The van der Waals surface area contributed by atoms with Gasteiger partial charge >= 0.3 is 5.97 Å². The molecule has 0 radical (unpaired) electrons. The normalized spacial score (nSPS) is 41.6. The van der Waals surface area contributed by atoms with Gasteiger partial charge in [-0.1, -0.05) is 6.42 Å². The van der Waals surface area contributed by atoms with E-state index in [0.717, 1.165) is 12.3 Å². The van der Waals surface area contributed by atoms with E-state index >= 15 is 0 Å². The van der Waals surface area contributed by atoms with E-state index < -0.39 is 11.3 Å². The second kappa shape index (κ2) is 2.91. The number of carbonyl (C=O) groups is 1. The fourth-order valence-corrected chi connectivity index (χ4v) is 3.14. The molecule has 2 aliphatic rings. The van der Waals surface area contributed by atoms with Crippen molar-refractivity contribution in [3.63, 3.8) is 0 Å². The molecule has 2 fully saturated rings. The molecular formula is C9H13ClO2. The van der Waals surface area contributed by atoms with Gasteiger partial charge in [-0.2, -0.15) is 0 Å². The maximum Gasteiger partial charge on any atom is 0.321 e. The molecule has 1 N–H and O–H groups in total. The van der Waals surface area contributed by atoms with Crippen LogP contribution in [0.4, 0.5) is 0 Å². The standard InChI is InChI=1S/C9H13ClO2/c10-8(9(11)12)7-4-5-1-2-6(7)3-5/h5-8H,1-4H2,(H,11,12). The Morgan fingerprint density at radius 3 is 2.58 bits per heavy atom. The SMILES string of the molecule is O=C(O)C(Cl)C1CC2CCC1C2. The molecule has 0 aromatic rings. The molecule has 12 heavy (non-hydrogen) atoms. The van der Waals surface area contributed by atoms with Crippen molar-refractivity contribution in [1.29, 1.82) is 0 Å². The van der Waals surface area contributed by atoms with E-state index in [1.54, 1.807) is 0 Å². The van der Waals surface area contributed by atoms with Crippen LogP contribution in [0.3, 0.4) is 0 Å². The molecule has 2 aliphatic carbocycles. The average molecular weight is 189 g/mol. The Balaban J connectivity index is 2.02. The second-order valence-corrected chi connectivity index (χ2v) is 4.55. The number of rotatable bonds is 2. The number of halogens is 1. The highest BCUT2D eigenvalue weighted by Gasteiger charge is 2.44. The van der Waals surface area contributed by atoms with Gasteiger partial charge in [-0.3, -0.25) is 4.79 Å². The molecule has 2 rings (SSSR count). The monoisotopic (exact) mass is 188 g/mol. The van der Waals surface area contributed by atoms with Crippen molar-refractivity contribution in [3.05, 3.63) is 0 Å². The molecule has 4 unspecified atom stereocenters. The summed E-state index contributed by atoms with van der Waals surface area (Å²) in [6.07, 6.45) is 4.77. The van der Waals surface area contributed by atoms with Crippen molar-refractivity contribution in [2.75, 3.05) is 0 Å². The first kappa shape index (κ1) is 8.36. The van der Waals surface area contributed by atoms with Gasteiger partial charge in [0.1, 0.15) is 5.38 Å². The van der Waals surface area contributed by atoms with E-state index in [0.29, 0.717) is 5.92 Å². The maximum absolute atomic E-state index is 10.6. The lowest BCUT2D eigenvalue weighted by Gasteiger charge is -2.23. The lowest BCUT2D eigenvalue weighted by molar-refractivity contribution is -0.138. The van der Waals surface area contributed by atoms with Crippen molar-refractivity contribution in [2.24, 2.45) is 17.8 Å². The van der Waals surface area contributed by atoms with Gasteiger partial charge in [0, 0.05) is 0 Å². The Kier molecular flexibility index (Phi) is 2.03. The fraction of sp³-hybridized carbons (Fsp3) is 0.889. The topological polar surface area (TPSA) is 37.3 Å². The minimum Gasteiger partial charge on any atom is -0.480 e. The molecule has 4 atom stereocenters. The van der Waals surface area contributed by atoms with Gasteiger partial charge in [0.2, 0.25) is 0 Å². The molecule has 68 valence electrons. The molecule has 0 heterocycles. The van der Waals surface area contributed by atoms with E-state index in [-0.39, 0.29) is 5.92 Å². The quantitative estimate of drug-likeness (QED) is 0.674. The molecular weight excluding hydrogens is 176 g/mol. The summed E-state index contributed by atoms with van der Waals surface area (Å²) >= 11 is 5.82. The number of aliphatic carboxylic acids is 1. The highest BCUT2D eigenvalue weighted by molar-refractivity contribution is 6.29. The summed E-state index contributed by atoms with van der Waals surface area (Å²) in [6, 6.07) is 0. The van der Waals surface area contributed by atoms with Gasteiger partial charge in [-0.15, -0.1) is 11.6 Å². The second-order valence-electron chi connectivity index (χ2n) is 4.08. The highest BCUT2D eigenvalue weighted by atomic mass is 35.5. The number of fused-ring (bicyclic) bond motifs is 2. The van der Waals surface area contributed by atoms with Crippen LogP contribution in [0.5, 0.6) is 0 Å². The number of alkyl halides is 1. The summed E-state index contributed by atoms with van der Waals surface area (Å²) in [6.45, 7) is 0. The number of carboxylic acid groups (broad SMARTS) is 1. The summed E-state index contributed by atoms with van der Waals surface area (Å²) in [4.78, 5) is 10.6. The minimum absolute atomic E-state index is 0.253. The third kappa shape index (κ3) is 1.22. The lowest BCUT2D eigenvalue weighted by atomic mass is 9.86. The van der Waals surface area contributed by atoms with E-state index in [4.69, 9.17) is 16.7 Å². The lowest BCUT2D eigenvalue weighted by Crippen LogP contribution is -2.28. The Morgan fingerprint density at radius 1 is 1.42 bits per heavy atom. The van der Waals surface area contributed by atoms with E-state index in [2.05, 4.69) is 0 Å². The maximum atomic E-state index is 10.6. The third-order valence-corrected chi connectivity index (χ3v) is 3.91. The van der Waals surface area contributed by atoms with Crippen LogP contribution in [0.25, 0.3) is 0 Å². The summed E-state index contributed by atoms with van der Waals surface area (Å²) in [5.41, 5.74) is 0. The molecule has 0 aromatic heterocycles. The van der Waals surface area contributed by atoms with Gasteiger partial charge in [0.25, 0.3) is 0 Å². The molecule has 2 bridgehead atoms. The molecule has 0 amide bonds. The predicted octanol–water partition coefficient (Wildman–Crippen LogP) is 2.11. The number of carboxylic acids is 1. The Labute approximate surface area is 76.9 Å². The third-order valence-electron chi connectivity index (χ3n) is 3.40. The largest absolute Gasteiger partial charge is 0.480 e. The first-order valence-corrected chi connectivity index (χ1v) is 4.99. The average Bonchev–Trinajstić information content (AvgIpc) is 2.62. The van der Waals surface area contributed by atoms with Crippen LogP contribution >= 0.6 is 11.6 Å². The molecule has 0 aliphatic heterocycles. The van der Waals surface area contributed by atoms with Crippen molar-refractivity contribution >= 4 is 17.6 Å². The van der Waals surface area contributed by atoms with E-state index in [1.165, 1.54) is 19.3 Å². The predicted molar refractivity (Wildman–Crippen MR) is 46.2 cm³/mol. The first-order chi connectivity index (χ1) is 5.68. The van der Waals surface area contributed by atoms with Crippen LogP contribution in [0.2, 0.25) is 0 Å². The Hall–Kier alpha value is -0.240. The van der Waals surface area contributed by atoms with Crippen molar-refractivity contribution in [3.8, 4) is 0 Å². The van der Waals surface area contributed by atoms with Crippen molar-refractivity contribution in [2.45, 2.75) is 31.1 Å². The summed E-state index contributed by atoms with van der Waals surface area (Å²) in [5.74, 6) is 0.798. The summed E-state index contributed by atoms with van der Waals surface area (Å²) in [5, 5.41) is 8.10. The van der Waals surface area contributed by atoms with Gasteiger partial charge in [0.15, 0.2) is 0 Å². The van der Waals surface area contributed by atoms with Crippen LogP contribution in [0.1, 0.15) is 25.7 Å². The zero-order valence-electron chi connectivity index (χ0n) is 6.87. The summed E-state index contributed by atoms with van der Waals surface area (Å²) in [7, 11) is 0. The summed E-state index contributed by atoms with van der Waals surface area (Å²) < 4.78 is 0. The van der Waals surface area contributed by atoms with Crippen LogP contribution < -0.4 is 0 Å². The number of hydrogen-bond donors (Lipinski definition) is 1. The zero-order valence-corrected chi connectivity index (χ0v) is 7.63. The molecule has 0 spiro atoms. The van der Waals surface area contributed by atoms with Crippen LogP contribution in [-0.2, 0) is 4.79 Å². The highest BCUT2D eigenvalue weighted by Crippen LogP contribution is 2.50. The Bertz CT molecular complexity index is 205.